The molecule has 0 radical (unpaired) electrons. The van der Waals surface area contributed by atoms with Crippen molar-refractivity contribution in [1.82, 2.24) is 14.7 Å². The summed E-state index contributed by atoms with van der Waals surface area (Å²) in [6.07, 6.45) is -3.92. The van der Waals surface area contributed by atoms with Gasteiger partial charge in [-0.05, 0) is 56.2 Å². The third-order valence-corrected chi connectivity index (χ3v) is 7.46. The fraction of sp³-hybridized carbons (Fsp3) is 0.552. The van der Waals surface area contributed by atoms with Gasteiger partial charge < -0.3 is 19.1 Å². The van der Waals surface area contributed by atoms with Crippen molar-refractivity contribution < 1.29 is 36.6 Å². The SMILES string of the molecule is COc1cc(C(=O)N2CCN(CCN3CC(C)OC(C)C3)C[C@H]2Cc2ccc(F)c(OC)c2)cc(C(F)(F)F)c1. The third kappa shape index (κ3) is 7.44. The second-order valence-electron chi connectivity index (χ2n) is 10.6. The van der Waals surface area contributed by atoms with Crippen LogP contribution in [0, 0.1) is 5.82 Å². The molecule has 40 heavy (non-hydrogen) atoms. The first kappa shape index (κ1) is 30.1. The Labute approximate surface area is 232 Å². The summed E-state index contributed by atoms with van der Waals surface area (Å²) in [4.78, 5) is 19.9. The van der Waals surface area contributed by atoms with Crippen LogP contribution in [-0.2, 0) is 17.3 Å². The number of alkyl halides is 3. The third-order valence-electron chi connectivity index (χ3n) is 7.46. The predicted molar refractivity (Wildman–Crippen MR) is 142 cm³/mol. The van der Waals surface area contributed by atoms with E-state index in [0.29, 0.717) is 26.1 Å². The lowest BCUT2D eigenvalue weighted by Crippen LogP contribution is -2.57. The van der Waals surface area contributed by atoms with Gasteiger partial charge in [-0.2, -0.15) is 13.2 Å². The van der Waals surface area contributed by atoms with Gasteiger partial charge >= 0.3 is 6.18 Å². The van der Waals surface area contributed by atoms with Crippen LogP contribution in [0.2, 0.25) is 0 Å². The number of piperazine rings is 1. The van der Waals surface area contributed by atoms with Crippen molar-refractivity contribution in [3.8, 4) is 11.5 Å². The lowest BCUT2D eigenvalue weighted by molar-refractivity contribution is -0.137. The van der Waals surface area contributed by atoms with Crippen LogP contribution in [-0.4, -0.2) is 98.9 Å². The van der Waals surface area contributed by atoms with E-state index in [1.807, 2.05) is 0 Å². The van der Waals surface area contributed by atoms with Crippen LogP contribution in [0.3, 0.4) is 0 Å². The number of methoxy groups -OCH3 is 2. The Hall–Kier alpha value is -2.89. The molecule has 0 aromatic heterocycles. The molecule has 2 aliphatic rings. The van der Waals surface area contributed by atoms with E-state index in [0.717, 1.165) is 43.9 Å². The maximum Gasteiger partial charge on any atom is 0.416 e. The fourth-order valence-electron chi connectivity index (χ4n) is 5.59. The van der Waals surface area contributed by atoms with Crippen molar-refractivity contribution in [1.29, 1.82) is 0 Å². The molecule has 1 amide bonds. The molecule has 2 fully saturated rings. The Morgan fingerprint density at radius 3 is 2.30 bits per heavy atom. The number of halogens is 4. The summed E-state index contributed by atoms with van der Waals surface area (Å²) in [6.45, 7) is 8.88. The molecule has 11 heteroatoms. The molecular weight excluding hydrogens is 530 g/mol. The van der Waals surface area contributed by atoms with E-state index in [-0.39, 0.29) is 35.3 Å². The van der Waals surface area contributed by atoms with Crippen LogP contribution in [0.5, 0.6) is 11.5 Å². The zero-order chi connectivity index (χ0) is 29.0. The van der Waals surface area contributed by atoms with Crippen LogP contribution in [0.15, 0.2) is 36.4 Å². The number of morpholine rings is 1. The van der Waals surface area contributed by atoms with Gasteiger partial charge in [0.2, 0.25) is 0 Å². The monoisotopic (exact) mass is 567 g/mol. The predicted octanol–water partition coefficient (Wildman–Crippen LogP) is 4.34. The van der Waals surface area contributed by atoms with Gasteiger partial charge in [0.05, 0.1) is 32.0 Å². The van der Waals surface area contributed by atoms with Crippen LogP contribution in [0.1, 0.15) is 35.3 Å². The number of nitrogens with zero attached hydrogens (tertiary/aromatic N) is 3. The number of benzene rings is 2. The molecule has 2 heterocycles. The van der Waals surface area contributed by atoms with Gasteiger partial charge in [0.1, 0.15) is 5.75 Å². The number of amides is 1. The zero-order valence-corrected chi connectivity index (χ0v) is 23.3. The van der Waals surface area contributed by atoms with Gasteiger partial charge in [-0.25, -0.2) is 4.39 Å². The van der Waals surface area contributed by atoms with Gasteiger partial charge in [0.15, 0.2) is 11.6 Å². The average molecular weight is 568 g/mol. The van der Waals surface area contributed by atoms with Crippen molar-refractivity contribution in [3.63, 3.8) is 0 Å². The molecular formula is C29H37F4N3O4. The normalized spacial score (nSPS) is 22.8. The van der Waals surface area contributed by atoms with Gasteiger partial charge in [0, 0.05) is 57.4 Å². The summed E-state index contributed by atoms with van der Waals surface area (Å²) in [5.41, 5.74) is -0.263. The molecule has 7 nitrogen and oxygen atoms in total. The van der Waals surface area contributed by atoms with Gasteiger partial charge in [0.25, 0.3) is 5.91 Å². The Kier molecular flexibility index (Phi) is 9.58. The maximum atomic E-state index is 14.1. The number of carbonyl (C=O) groups excluding carboxylic acids is 1. The molecule has 2 aliphatic heterocycles. The lowest BCUT2D eigenvalue weighted by Gasteiger charge is -2.43. The number of hydrogen-bond acceptors (Lipinski definition) is 6. The number of ether oxygens (including phenoxy) is 3. The first-order valence-electron chi connectivity index (χ1n) is 13.5. The van der Waals surface area contributed by atoms with Gasteiger partial charge in [-0.3, -0.25) is 14.6 Å². The summed E-state index contributed by atoms with van der Waals surface area (Å²) < 4.78 is 70.8. The van der Waals surface area contributed by atoms with Crippen molar-refractivity contribution in [2.75, 3.05) is 60.0 Å². The highest BCUT2D eigenvalue weighted by atomic mass is 19.4. The minimum Gasteiger partial charge on any atom is -0.497 e. The van der Waals surface area contributed by atoms with E-state index >= 15 is 0 Å². The van der Waals surface area contributed by atoms with Crippen molar-refractivity contribution >= 4 is 5.91 Å². The summed E-state index contributed by atoms with van der Waals surface area (Å²) in [6, 6.07) is 7.30. The molecule has 0 aliphatic carbocycles. The average Bonchev–Trinajstić information content (AvgIpc) is 2.91. The second kappa shape index (κ2) is 12.7. The molecule has 3 atom stereocenters. The molecule has 2 saturated heterocycles. The van der Waals surface area contributed by atoms with E-state index in [4.69, 9.17) is 14.2 Å². The minimum absolute atomic E-state index is 0.0365. The van der Waals surface area contributed by atoms with Crippen molar-refractivity contribution in [3.05, 3.63) is 58.9 Å². The summed E-state index contributed by atoms with van der Waals surface area (Å²) >= 11 is 0. The Morgan fingerprint density at radius 2 is 1.65 bits per heavy atom. The lowest BCUT2D eigenvalue weighted by atomic mass is 9.99. The number of rotatable bonds is 8. The second-order valence-corrected chi connectivity index (χ2v) is 10.6. The van der Waals surface area contributed by atoms with Gasteiger partial charge in [-0.1, -0.05) is 6.07 Å². The van der Waals surface area contributed by atoms with Crippen LogP contribution >= 0.6 is 0 Å². The van der Waals surface area contributed by atoms with E-state index < -0.39 is 23.5 Å². The minimum atomic E-state index is -4.62. The molecule has 2 aromatic carbocycles. The Balaban J connectivity index is 1.56. The van der Waals surface area contributed by atoms with E-state index in [9.17, 15) is 22.4 Å². The highest BCUT2D eigenvalue weighted by Crippen LogP contribution is 2.33. The van der Waals surface area contributed by atoms with Gasteiger partial charge in [-0.15, -0.1) is 0 Å². The van der Waals surface area contributed by atoms with Crippen LogP contribution < -0.4 is 9.47 Å². The van der Waals surface area contributed by atoms with E-state index in [2.05, 4.69) is 23.6 Å². The number of hydrogen-bond donors (Lipinski definition) is 0. The smallest absolute Gasteiger partial charge is 0.416 e. The van der Waals surface area contributed by atoms with Crippen molar-refractivity contribution in [2.45, 2.75) is 44.7 Å². The van der Waals surface area contributed by atoms with E-state index in [1.165, 1.54) is 26.4 Å². The Bertz CT molecular complexity index is 1170. The standard InChI is InChI=1S/C29H37F4N3O4/c1-19-16-35(17-20(2)40-19)8-7-34-9-10-36(24(18-34)11-21-5-6-26(30)27(12-21)39-4)28(37)22-13-23(29(31,32)33)15-25(14-22)38-3/h5-6,12-15,19-20,24H,7-11,16-18H2,1-4H3/t19?,20?,24-/m1/s1. The van der Waals surface area contributed by atoms with Crippen LogP contribution in [0.25, 0.3) is 0 Å². The molecule has 0 N–H and O–H groups in total. The topological polar surface area (TPSA) is 54.5 Å². The molecule has 0 spiro atoms. The zero-order valence-electron chi connectivity index (χ0n) is 23.3. The molecule has 0 saturated carbocycles. The highest BCUT2D eigenvalue weighted by molar-refractivity contribution is 5.95. The maximum absolute atomic E-state index is 14.1. The summed E-state index contributed by atoms with van der Waals surface area (Å²) in [7, 11) is 2.65. The molecule has 4 rings (SSSR count). The first-order chi connectivity index (χ1) is 19.0. The summed E-state index contributed by atoms with van der Waals surface area (Å²) in [5.74, 6) is -0.930. The quantitative estimate of drug-likeness (QED) is 0.443. The summed E-state index contributed by atoms with van der Waals surface area (Å²) in [5, 5.41) is 0. The molecule has 0 bridgehead atoms. The van der Waals surface area contributed by atoms with E-state index in [1.54, 1.807) is 17.0 Å². The van der Waals surface area contributed by atoms with Crippen molar-refractivity contribution in [2.24, 2.45) is 0 Å². The molecule has 2 unspecified atom stereocenters. The number of carbonyl (C=O) groups is 1. The fourth-order valence-corrected chi connectivity index (χ4v) is 5.59. The largest absolute Gasteiger partial charge is 0.497 e. The molecule has 220 valence electrons. The highest BCUT2D eigenvalue weighted by Gasteiger charge is 2.35. The Morgan fingerprint density at radius 1 is 0.950 bits per heavy atom. The van der Waals surface area contributed by atoms with Crippen LogP contribution in [0.4, 0.5) is 17.6 Å². The molecule has 2 aromatic rings. The first-order valence-corrected chi connectivity index (χ1v) is 13.5.